The minimum atomic E-state index is -1.81. The highest BCUT2D eigenvalue weighted by Gasteiger charge is 2.36. The highest BCUT2D eigenvalue weighted by atomic mass is 79.9. The van der Waals surface area contributed by atoms with Gasteiger partial charge in [-0.15, -0.1) is 0 Å². The summed E-state index contributed by atoms with van der Waals surface area (Å²) in [4.78, 5) is 37.9. The van der Waals surface area contributed by atoms with Gasteiger partial charge in [0.2, 0.25) is 11.8 Å². The second-order valence-corrected chi connectivity index (χ2v) is 20.5. The number of benzene rings is 6. The lowest BCUT2D eigenvalue weighted by Crippen LogP contribution is -2.44. The van der Waals surface area contributed by atoms with E-state index < -0.39 is 27.0 Å². The zero-order chi connectivity index (χ0) is 52.9. The number of halogens is 7. The Balaban J connectivity index is 0.000000164. The van der Waals surface area contributed by atoms with Gasteiger partial charge in [-0.3, -0.25) is 14.4 Å². The minimum absolute atomic E-state index is 0.00579. The number of amides is 2. The number of carbonyl (C=O) groups is 3. The van der Waals surface area contributed by atoms with E-state index in [2.05, 4.69) is 15.9 Å². The molecule has 0 radical (unpaired) electrons. The van der Waals surface area contributed by atoms with E-state index in [0.29, 0.717) is 58.6 Å². The van der Waals surface area contributed by atoms with Gasteiger partial charge in [0.25, 0.3) is 0 Å². The van der Waals surface area contributed by atoms with Crippen LogP contribution in [0.15, 0.2) is 132 Å². The molecule has 2 aliphatic heterocycles. The average molecular weight is 1120 g/mol. The largest absolute Gasteiger partial charge is 0.491 e. The first-order valence-corrected chi connectivity index (χ1v) is 25.8. The molecule has 9 nitrogen and oxygen atoms in total. The van der Waals surface area contributed by atoms with Crippen LogP contribution in [-0.4, -0.2) is 80.6 Å². The minimum Gasteiger partial charge on any atom is -0.432 e. The van der Waals surface area contributed by atoms with Gasteiger partial charge >= 0.3 is 21.2 Å². The van der Waals surface area contributed by atoms with Gasteiger partial charge in [0.05, 0.1) is 0 Å². The van der Waals surface area contributed by atoms with Crippen LogP contribution in [-0.2, 0) is 33.6 Å². The lowest BCUT2D eigenvalue weighted by molar-refractivity contribution is -0.126. The Kier molecular flexibility index (Phi) is 21.3. The van der Waals surface area contributed by atoms with Crippen molar-refractivity contribution in [1.82, 2.24) is 9.62 Å². The molecular weight excluding hydrogens is 1060 g/mol. The van der Waals surface area contributed by atoms with Crippen molar-refractivity contribution in [2.24, 2.45) is 5.92 Å². The average Bonchev–Trinajstić information content (AvgIpc) is 4.06. The van der Waals surface area contributed by atoms with E-state index >= 15 is 0 Å². The van der Waals surface area contributed by atoms with Crippen molar-refractivity contribution in [3.05, 3.63) is 181 Å². The molecule has 0 unspecified atom stereocenters. The summed E-state index contributed by atoms with van der Waals surface area (Å²) in [6.07, 6.45) is 7.41. The van der Waals surface area contributed by atoms with Crippen LogP contribution in [0.1, 0.15) is 61.6 Å². The molecule has 19 heteroatoms. The van der Waals surface area contributed by atoms with E-state index in [1.165, 1.54) is 41.5 Å². The molecule has 6 aromatic carbocycles. The molecule has 0 bridgehead atoms. The summed E-state index contributed by atoms with van der Waals surface area (Å²) in [5, 5.41) is 37.8. The predicted molar refractivity (Wildman–Crippen MR) is 290 cm³/mol. The van der Waals surface area contributed by atoms with Crippen molar-refractivity contribution < 1.29 is 47.7 Å². The summed E-state index contributed by atoms with van der Waals surface area (Å²) in [5.74, 6) is -0.370. The first kappa shape index (κ1) is 57.4. The normalized spacial score (nSPS) is 17.1. The molecule has 4 N–H and O–H groups in total. The summed E-state index contributed by atoms with van der Waals surface area (Å²) < 4.78 is 41.5. The van der Waals surface area contributed by atoms with Crippen molar-refractivity contribution in [2.45, 2.75) is 89.9 Å². The summed E-state index contributed by atoms with van der Waals surface area (Å²) in [5.41, 5.74) is 5.79. The van der Waals surface area contributed by atoms with Gasteiger partial charge in [0.1, 0.15) is 23.2 Å². The topological polar surface area (TPSA) is 139 Å². The van der Waals surface area contributed by atoms with E-state index in [1.54, 1.807) is 41.5 Å². The molecule has 0 spiro atoms. The molecule has 2 heterocycles. The van der Waals surface area contributed by atoms with Gasteiger partial charge in [0, 0.05) is 73.9 Å². The molecule has 9 rings (SSSR count). The van der Waals surface area contributed by atoms with Gasteiger partial charge < -0.3 is 29.7 Å². The zero-order valence-corrected chi connectivity index (χ0v) is 44.1. The SMILES string of the molecule is CB(O)N1C(=O)CC[C@H]1Cc1ccc(-c2cc(Cl)ccc2F)cc1.CB(O)N1C(=O)CC[C@H]1Cc1ccc(Br)cc1.O=C1CC[C@@H](Cc2ccc(-c3cc(Cl)ccc3F)cc2)C1.OB(O)c1cc(Cl)ccc1F. The highest BCUT2D eigenvalue weighted by Crippen LogP contribution is 2.31. The quantitative estimate of drug-likeness (QED) is 0.0948. The van der Waals surface area contributed by atoms with Crippen LogP contribution in [0.25, 0.3) is 22.3 Å². The lowest BCUT2D eigenvalue weighted by atomic mass is 9.80. The Morgan fingerprint density at radius 2 is 0.932 bits per heavy atom. The van der Waals surface area contributed by atoms with E-state index in [9.17, 15) is 37.6 Å². The second-order valence-electron chi connectivity index (χ2n) is 18.3. The molecule has 1 saturated carbocycles. The van der Waals surface area contributed by atoms with Gasteiger partial charge in [-0.1, -0.05) is 111 Å². The van der Waals surface area contributed by atoms with Gasteiger partial charge in [-0.25, -0.2) is 13.2 Å². The summed E-state index contributed by atoms with van der Waals surface area (Å²) in [7, 11) is -3.27. The molecule has 6 aromatic rings. The van der Waals surface area contributed by atoms with Crippen molar-refractivity contribution in [1.29, 1.82) is 0 Å². The van der Waals surface area contributed by atoms with Crippen LogP contribution in [0.3, 0.4) is 0 Å². The van der Waals surface area contributed by atoms with Crippen LogP contribution in [0, 0.1) is 23.4 Å². The second kappa shape index (κ2) is 27.1. The van der Waals surface area contributed by atoms with E-state index in [1.807, 2.05) is 72.8 Å². The smallest absolute Gasteiger partial charge is 0.432 e. The Morgan fingerprint density at radius 1 is 0.534 bits per heavy atom. The first-order valence-electron chi connectivity index (χ1n) is 23.9. The molecule has 3 fully saturated rings. The van der Waals surface area contributed by atoms with Crippen LogP contribution < -0.4 is 5.46 Å². The number of hydrogen-bond acceptors (Lipinski definition) is 7. The molecule has 3 aliphatic rings. The third kappa shape index (κ3) is 16.5. The Labute approximate surface area is 448 Å². The van der Waals surface area contributed by atoms with Crippen molar-refractivity contribution in [3.63, 3.8) is 0 Å². The molecule has 2 amide bonds. The van der Waals surface area contributed by atoms with Gasteiger partial charge in [-0.05, 0) is 153 Å². The molecule has 73 heavy (non-hydrogen) atoms. The number of hydrogen-bond donors (Lipinski definition) is 4. The summed E-state index contributed by atoms with van der Waals surface area (Å²) in [6, 6.07) is 36.3. The van der Waals surface area contributed by atoms with Crippen LogP contribution in [0.2, 0.25) is 28.7 Å². The van der Waals surface area contributed by atoms with Gasteiger partial charge in [0.15, 0.2) is 0 Å². The number of Topliss-reactive ketones (excluding diaryl/α,β-unsaturated/α-hetero) is 1. The monoisotopic (exact) mass is 1120 g/mol. The standard InChI is InChI=1S/C18H18BClFNO2.C18H16ClFO.C12H15BBrNO2.C6H5BClFO2/c1-19(24)22-15(7-9-18(22)23)10-12-2-4-13(5-3-12)16-11-14(20)6-8-17(16)21;19-15-6-8-18(20)17(11-15)14-4-1-12(2-5-14)9-13-3-7-16(21)10-13;1-13(17)15-11(6-7-12(15)16)8-9-2-4-10(14)5-3-9;8-4-1-2-6(9)5(3-4)7(10)11/h2-6,8,11,15,24H,7,9-10H2,1H3;1-2,4-6,8,11,13H,3,7,9-10H2;2-5,11,17H,6-8H2,1H3;1-3,10-11H/t15-;13-;11-;/m000./s1. The predicted octanol–water partition coefficient (Wildman–Crippen LogP) is 11.1. The van der Waals surface area contributed by atoms with Crippen molar-refractivity contribution >= 4 is 95.0 Å². The van der Waals surface area contributed by atoms with Crippen LogP contribution in [0.5, 0.6) is 0 Å². The van der Waals surface area contributed by atoms with E-state index in [0.717, 1.165) is 65.8 Å². The summed E-state index contributed by atoms with van der Waals surface area (Å²) >= 11 is 20.7. The van der Waals surface area contributed by atoms with Crippen molar-refractivity contribution in [3.8, 4) is 22.3 Å². The first-order chi connectivity index (χ1) is 34.8. The Bertz CT molecular complexity index is 2840. The lowest BCUT2D eigenvalue weighted by Gasteiger charge is -2.25. The maximum absolute atomic E-state index is 13.9. The van der Waals surface area contributed by atoms with Crippen molar-refractivity contribution in [2.75, 3.05) is 0 Å². The van der Waals surface area contributed by atoms with Gasteiger partial charge in [-0.2, -0.15) is 0 Å². The maximum atomic E-state index is 13.9. The number of carbonyl (C=O) groups excluding carboxylic acids is 3. The van der Waals surface area contributed by atoms with Crippen LogP contribution >= 0.6 is 50.7 Å². The molecule has 3 atom stereocenters. The van der Waals surface area contributed by atoms with Crippen LogP contribution in [0.4, 0.5) is 13.2 Å². The molecule has 2 saturated heterocycles. The van der Waals surface area contributed by atoms with E-state index in [-0.39, 0.29) is 46.0 Å². The summed E-state index contributed by atoms with van der Waals surface area (Å²) in [6.45, 7) is 3.26. The number of ketones is 1. The third-order valence-corrected chi connectivity index (χ3v) is 14.1. The number of nitrogens with zero attached hydrogens (tertiary/aromatic N) is 2. The zero-order valence-electron chi connectivity index (χ0n) is 40.2. The molecule has 1 aliphatic carbocycles. The Morgan fingerprint density at radius 3 is 1.32 bits per heavy atom. The molecular formula is C54H54B3BrCl3F3N2O7. The fraction of sp³-hybridized carbons (Fsp3) is 0.278. The third-order valence-electron chi connectivity index (χ3n) is 12.9. The number of rotatable bonds is 11. The van der Waals surface area contributed by atoms with E-state index in [4.69, 9.17) is 44.9 Å². The maximum Gasteiger partial charge on any atom is 0.491 e. The molecule has 380 valence electrons. The fourth-order valence-electron chi connectivity index (χ4n) is 9.31. The molecule has 0 aromatic heterocycles. The highest BCUT2D eigenvalue weighted by molar-refractivity contribution is 9.10. The Hall–Kier alpha value is -4.90. The fourth-order valence-corrected chi connectivity index (χ4v) is 10.1.